The molecule has 0 unspecified atom stereocenters. The van der Waals surface area contributed by atoms with Gasteiger partial charge in [0, 0.05) is 12.1 Å². The predicted octanol–water partition coefficient (Wildman–Crippen LogP) is 3.23. The molecule has 1 atom stereocenters. The number of carbonyl (C=O) groups excluding carboxylic acids is 1. The Hall–Kier alpha value is -3.01. The molecule has 10 heteroatoms. The maximum Gasteiger partial charge on any atom is 0.271 e. The van der Waals surface area contributed by atoms with E-state index in [0.29, 0.717) is 5.56 Å². The fourth-order valence-electron chi connectivity index (χ4n) is 2.74. The quantitative estimate of drug-likeness (QED) is 0.558. The maximum atomic E-state index is 14.3. The summed E-state index contributed by atoms with van der Waals surface area (Å²) in [6, 6.07) is 7.95. The van der Waals surface area contributed by atoms with Crippen LogP contribution in [-0.4, -0.2) is 31.5 Å². The van der Waals surface area contributed by atoms with Crippen molar-refractivity contribution in [2.45, 2.75) is 26.3 Å². The number of amides is 1. The van der Waals surface area contributed by atoms with E-state index in [2.05, 4.69) is 5.32 Å². The molecule has 1 amide bonds. The topological polar surface area (TPSA) is 110 Å². The molecule has 0 aliphatic heterocycles. The Labute approximate surface area is 162 Å². The zero-order valence-corrected chi connectivity index (χ0v) is 16.4. The van der Waals surface area contributed by atoms with E-state index in [1.807, 2.05) is 0 Å². The van der Waals surface area contributed by atoms with Crippen LogP contribution in [0, 0.1) is 22.9 Å². The molecule has 0 saturated heterocycles. The average Bonchev–Trinajstić information content (AvgIpc) is 2.61. The highest BCUT2D eigenvalue weighted by Crippen LogP contribution is 2.27. The summed E-state index contributed by atoms with van der Waals surface area (Å²) in [5.41, 5.74) is 0.274. The third-order valence-electron chi connectivity index (χ3n) is 4.11. The van der Waals surface area contributed by atoms with Crippen molar-refractivity contribution in [2.24, 2.45) is 0 Å². The Morgan fingerprint density at radius 3 is 2.46 bits per heavy atom. The van der Waals surface area contributed by atoms with Gasteiger partial charge < -0.3 is 5.32 Å². The second kappa shape index (κ2) is 8.34. The van der Waals surface area contributed by atoms with E-state index >= 15 is 0 Å². The van der Waals surface area contributed by atoms with Crippen molar-refractivity contribution in [3.63, 3.8) is 0 Å². The van der Waals surface area contributed by atoms with E-state index < -0.39 is 32.7 Å². The van der Waals surface area contributed by atoms with Crippen molar-refractivity contribution >= 4 is 33.0 Å². The Morgan fingerprint density at radius 1 is 1.29 bits per heavy atom. The first-order valence-corrected chi connectivity index (χ1v) is 10.2. The van der Waals surface area contributed by atoms with Crippen molar-refractivity contribution in [3.8, 4) is 0 Å². The summed E-state index contributed by atoms with van der Waals surface area (Å²) in [4.78, 5) is 23.2. The van der Waals surface area contributed by atoms with Gasteiger partial charge in [0.15, 0.2) is 0 Å². The molecule has 2 aromatic rings. The van der Waals surface area contributed by atoms with Gasteiger partial charge in [0.05, 0.1) is 22.6 Å². The summed E-state index contributed by atoms with van der Waals surface area (Å²) < 4.78 is 39.7. The number of benzene rings is 2. The minimum Gasteiger partial charge on any atom is -0.324 e. The largest absolute Gasteiger partial charge is 0.324 e. The number of non-ortho nitro benzene ring substituents is 1. The van der Waals surface area contributed by atoms with Crippen LogP contribution in [0.4, 0.5) is 21.5 Å². The van der Waals surface area contributed by atoms with Crippen molar-refractivity contribution in [3.05, 3.63) is 64.0 Å². The van der Waals surface area contributed by atoms with Gasteiger partial charge >= 0.3 is 0 Å². The van der Waals surface area contributed by atoms with E-state index in [1.54, 1.807) is 13.8 Å². The lowest BCUT2D eigenvalue weighted by molar-refractivity contribution is -0.384. The molecule has 0 aliphatic rings. The van der Waals surface area contributed by atoms with Gasteiger partial charge in [-0.2, -0.15) is 0 Å². The Kier molecular flexibility index (Phi) is 6.34. The van der Waals surface area contributed by atoms with Crippen LogP contribution in [0.3, 0.4) is 0 Å². The number of hydrogen-bond acceptors (Lipinski definition) is 5. The van der Waals surface area contributed by atoms with Crippen molar-refractivity contribution in [2.75, 3.05) is 15.9 Å². The van der Waals surface area contributed by atoms with Crippen LogP contribution in [0.1, 0.15) is 18.9 Å². The second-order valence-electron chi connectivity index (χ2n) is 6.18. The lowest BCUT2D eigenvalue weighted by Crippen LogP contribution is -2.47. The van der Waals surface area contributed by atoms with Gasteiger partial charge in [-0.1, -0.05) is 25.1 Å². The van der Waals surface area contributed by atoms with E-state index in [-0.39, 0.29) is 23.5 Å². The number of carbonyl (C=O) groups is 1. The standard InChI is InChI=1S/C18H20FN3O5S/c1-4-16(21(28(3,26)27)17-8-6-5-7-14(17)19)18(23)20-15-11-13(22(24)25)10-9-12(15)2/h5-11,16H,4H2,1-3H3,(H,20,23)/t16-/m1/s1. The highest BCUT2D eigenvalue weighted by molar-refractivity contribution is 7.92. The molecular formula is C18H20FN3O5S. The van der Waals surface area contributed by atoms with Gasteiger partial charge in [-0.05, 0) is 31.0 Å². The van der Waals surface area contributed by atoms with Crippen molar-refractivity contribution in [1.82, 2.24) is 0 Å². The van der Waals surface area contributed by atoms with Gasteiger partial charge in [-0.3, -0.25) is 19.2 Å². The Bertz CT molecular complexity index is 1010. The first-order chi connectivity index (χ1) is 13.1. The molecule has 0 fully saturated rings. The second-order valence-corrected chi connectivity index (χ2v) is 8.04. The van der Waals surface area contributed by atoms with Gasteiger partial charge in [-0.25, -0.2) is 12.8 Å². The summed E-state index contributed by atoms with van der Waals surface area (Å²) in [6.45, 7) is 3.23. The number of nitrogens with one attached hydrogen (secondary N) is 1. The number of rotatable bonds is 7. The SMILES string of the molecule is CC[C@H](C(=O)Nc1cc([N+](=O)[O-])ccc1C)N(c1ccccc1F)S(C)(=O)=O. The number of nitrogens with zero attached hydrogens (tertiary/aromatic N) is 2. The summed E-state index contributed by atoms with van der Waals surface area (Å²) in [7, 11) is -4.00. The average molecular weight is 409 g/mol. The number of hydrogen-bond donors (Lipinski definition) is 1. The molecule has 0 radical (unpaired) electrons. The first-order valence-electron chi connectivity index (χ1n) is 8.36. The molecule has 0 heterocycles. The number of aryl methyl sites for hydroxylation is 1. The van der Waals surface area contributed by atoms with E-state index in [1.165, 1.54) is 36.4 Å². The molecule has 0 aromatic heterocycles. The number of nitro groups is 1. The van der Waals surface area contributed by atoms with Crippen LogP contribution < -0.4 is 9.62 Å². The fraction of sp³-hybridized carbons (Fsp3) is 0.278. The third kappa shape index (κ3) is 4.63. The number of para-hydroxylation sites is 1. The lowest BCUT2D eigenvalue weighted by Gasteiger charge is -2.30. The van der Waals surface area contributed by atoms with Gasteiger partial charge in [-0.15, -0.1) is 0 Å². The molecule has 0 bridgehead atoms. The van der Waals surface area contributed by atoms with Crippen LogP contribution in [0.2, 0.25) is 0 Å². The molecule has 0 spiro atoms. The van der Waals surface area contributed by atoms with Crippen LogP contribution >= 0.6 is 0 Å². The minimum atomic E-state index is -4.00. The highest BCUT2D eigenvalue weighted by Gasteiger charge is 2.33. The molecule has 8 nitrogen and oxygen atoms in total. The van der Waals surface area contributed by atoms with Crippen molar-refractivity contribution < 1.29 is 22.5 Å². The summed E-state index contributed by atoms with van der Waals surface area (Å²) in [5, 5.41) is 13.5. The van der Waals surface area contributed by atoms with E-state index in [4.69, 9.17) is 0 Å². The summed E-state index contributed by atoms with van der Waals surface area (Å²) in [6.07, 6.45) is 0.940. The Balaban J connectivity index is 2.45. The smallest absolute Gasteiger partial charge is 0.271 e. The van der Waals surface area contributed by atoms with Crippen molar-refractivity contribution in [1.29, 1.82) is 0 Å². The highest BCUT2D eigenvalue weighted by atomic mass is 32.2. The molecule has 150 valence electrons. The van der Waals surface area contributed by atoms with Crippen LogP contribution in [0.15, 0.2) is 42.5 Å². The molecular weight excluding hydrogens is 389 g/mol. The molecule has 0 saturated carbocycles. The van der Waals surface area contributed by atoms with Crippen LogP contribution in [0.5, 0.6) is 0 Å². The minimum absolute atomic E-state index is 0.0568. The number of sulfonamides is 1. The van der Waals surface area contributed by atoms with Gasteiger partial charge in [0.2, 0.25) is 15.9 Å². The molecule has 2 aromatic carbocycles. The third-order valence-corrected chi connectivity index (χ3v) is 5.28. The van der Waals surface area contributed by atoms with E-state index in [9.17, 15) is 27.7 Å². The van der Waals surface area contributed by atoms with E-state index in [0.717, 1.165) is 16.6 Å². The summed E-state index contributed by atoms with van der Waals surface area (Å²) in [5.74, 6) is -1.51. The fourth-order valence-corrected chi connectivity index (χ4v) is 3.95. The Morgan fingerprint density at radius 2 is 1.93 bits per heavy atom. The first kappa shape index (κ1) is 21.3. The predicted molar refractivity (Wildman–Crippen MR) is 104 cm³/mol. The normalized spacial score (nSPS) is 12.3. The number of halogens is 1. The zero-order chi connectivity index (χ0) is 21.1. The zero-order valence-electron chi connectivity index (χ0n) is 15.5. The molecule has 0 aliphatic carbocycles. The molecule has 1 N–H and O–H groups in total. The monoisotopic (exact) mass is 409 g/mol. The molecule has 28 heavy (non-hydrogen) atoms. The van der Waals surface area contributed by atoms with Crippen LogP contribution in [-0.2, 0) is 14.8 Å². The van der Waals surface area contributed by atoms with Gasteiger partial charge in [0.25, 0.3) is 5.69 Å². The molecule has 2 rings (SSSR count). The van der Waals surface area contributed by atoms with Gasteiger partial charge in [0.1, 0.15) is 11.9 Å². The summed E-state index contributed by atoms with van der Waals surface area (Å²) >= 11 is 0. The number of anilines is 2. The van der Waals surface area contributed by atoms with Crippen LogP contribution in [0.25, 0.3) is 0 Å². The lowest BCUT2D eigenvalue weighted by atomic mass is 10.1. The maximum absolute atomic E-state index is 14.3. The number of nitro benzene ring substituents is 1.